The molecular weight excluding hydrogens is 456 g/mol. The van der Waals surface area contributed by atoms with Crippen LogP contribution in [0.1, 0.15) is 50.6 Å². The fourth-order valence-electron chi connectivity index (χ4n) is 4.23. The third-order valence-corrected chi connectivity index (χ3v) is 7.18. The first-order valence-corrected chi connectivity index (χ1v) is 12.5. The van der Waals surface area contributed by atoms with Crippen LogP contribution in [-0.2, 0) is 9.59 Å². The van der Waals surface area contributed by atoms with Crippen LogP contribution in [0, 0.1) is 5.92 Å². The van der Waals surface area contributed by atoms with Crippen molar-refractivity contribution in [1.29, 1.82) is 0 Å². The molecule has 1 saturated carbocycles. The van der Waals surface area contributed by atoms with E-state index in [4.69, 9.17) is 11.6 Å². The molecule has 2 aromatic carbocycles. The summed E-state index contributed by atoms with van der Waals surface area (Å²) in [6, 6.07) is 17.2. The molecular formula is C25H27ClN4O2S. The first-order chi connectivity index (χ1) is 16.0. The summed E-state index contributed by atoms with van der Waals surface area (Å²) in [6.07, 6.45) is 4.24. The van der Waals surface area contributed by atoms with Gasteiger partial charge in [0.1, 0.15) is 5.01 Å². The van der Waals surface area contributed by atoms with Crippen molar-refractivity contribution in [2.75, 3.05) is 11.9 Å². The van der Waals surface area contributed by atoms with Gasteiger partial charge in [-0.25, -0.2) is 0 Å². The van der Waals surface area contributed by atoms with Gasteiger partial charge < -0.3 is 10.2 Å². The molecule has 2 amide bonds. The standard InChI is InChI=1S/C25H27ClN4O2S/c1-17(18-8-3-2-4-9-18)30(24(32)19-10-5-6-11-19)15-14-22(31)27-25-29-28-23(33-25)20-12-7-13-21(26)16-20/h2-4,7-9,12-13,16-17,19H,5-6,10-11,14-15H2,1H3,(H,27,29,31)/t17-/m0/s1. The van der Waals surface area contributed by atoms with Crippen molar-refractivity contribution < 1.29 is 9.59 Å². The van der Waals surface area contributed by atoms with Crippen LogP contribution in [0.25, 0.3) is 10.6 Å². The molecule has 0 unspecified atom stereocenters. The second-order valence-electron chi connectivity index (χ2n) is 8.32. The molecule has 1 fully saturated rings. The Morgan fingerprint density at radius 2 is 1.88 bits per heavy atom. The minimum atomic E-state index is -0.187. The summed E-state index contributed by atoms with van der Waals surface area (Å²) in [5, 5.41) is 12.8. The molecule has 0 aliphatic heterocycles. The maximum atomic E-state index is 13.3. The van der Waals surface area contributed by atoms with E-state index in [9.17, 15) is 9.59 Å². The van der Waals surface area contributed by atoms with Crippen LogP contribution >= 0.6 is 22.9 Å². The van der Waals surface area contributed by atoms with Gasteiger partial charge in [-0.05, 0) is 37.5 Å². The van der Waals surface area contributed by atoms with Gasteiger partial charge in [-0.3, -0.25) is 9.59 Å². The van der Waals surface area contributed by atoms with Gasteiger partial charge in [-0.1, -0.05) is 78.2 Å². The number of benzene rings is 2. The van der Waals surface area contributed by atoms with Gasteiger partial charge in [0, 0.05) is 29.5 Å². The molecule has 0 saturated heterocycles. The zero-order valence-corrected chi connectivity index (χ0v) is 20.1. The molecule has 172 valence electrons. The summed E-state index contributed by atoms with van der Waals surface area (Å²) >= 11 is 7.35. The zero-order chi connectivity index (χ0) is 23.2. The lowest BCUT2D eigenvalue weighted by molar-refractivity contribution is -0.138. The number of halogens is 1. The summed E-state index contributed by atoms with van der Waals surface area (Å²) < 4.78 is 0. The molecule has 1 N–H and O–H groups in total. The lowest BCUT2D eigenvalue weighted by Crippen LogP contribution is -2.39. The van der Waals surface area contributed by atoms with Gasteiger partial charge in [0.15, 0.2) is 0 Å². The lowest BCUT2D eigenvalue weighted by Gasteiger charge is -2.32. The molecule has 1 aromatic heterocycles. The van der Waals surface area contributed by atoms with Crippen LogP contribution in [0.15, 0.2) is 54.6 Å². The van der Waals surface area contributed by atoms with Crippen molar-refractivity contribution in [3.8, 4) is 10.6 Å². The predicted molar refractivity (Wildman–Crippen MR) is 132 cm³/mol. The van der Waals surface area contributed by atoms with E-state index in [1.807, 2.05) is 60.4 Å². The van der Waals surface area contributed by atoms with E-state index < -0.39 is 0 Å². The Labute approximate surface area is 203 Å². The molecule has 1 atom stereocenters. The smallest absolute Gasteiger partial charge is 0.227 e. The molecule has 4 rings (SSSR count). The largest absolute Gasteiger partial charge is 0.335 e. The summed E-state index contributed by atoms with van der Waals surface area (Å²) in [5.41, 5.74) is 1.92. The summed E-state index contributed by atoms with van der Waals surface area (Å²) in [4.78, 5) is 27.8. The molecule has 33 heavy (non-hydrogen) atoms. The number of aromatic nitrogens is 2. The maximum Gasteiger partial charge on any atom is 0.227 e. The highest BCUT2D eigenvalue weighted by Crippen LogP contribution is 2.31. The highest BCUT2D eigenvalue weighted by Gasteiger charge is 2.30. The van der Waals surface area contributed by atoms with Crippen molar-refractivity contribution >= 4 is 39.9 Å². The van der Waals surface area contributed by atoms with Crippen LogP contribution in [0.4, 0.5) is 5.13 Å². The minimum Gasteiger partial charge on any atom is -0.335 e. The molecule has 1 heterocycles. The number of hydrogen-bond donors (Lipinski definition) is 1. The second kappa shape index (κ2) is 10.9. The Morgan fingerprint density at radius 3 is 2.61 bits per heavy atom. The highest BCUT2D eigenvalue weighted by molar-refractivity contribution is 7.18. The van der Waals surface area contributed by atoms with E-state index >= 15 is 0 Å². The van der Waals surface area contributed by atoms with E-state index in [1.54, 1.807) is 6.07 Å². The average Bonchev–Trinajstić information content (AvgIpc) is 3.52. The maximum absolute atomic E-state index is 13.3. The van der Waals surface area contributed by atoms with Gasteiger partial charge in [-0.15, -0.1) is 10.2 Å². The van der Waals surface area contributed by atoms with Gasteiger partial charge in [0.2, 0.25) is 16.9 Å². The minimum absolute atomic E-state index is 0.0580. The van der Waals surface area contributed by atoms with Crippen LogP contribution in [0.5, 0.6) is 0 Å². The molecule has 3 aromatic rings. The number of nitrogens with one attached hydrogen (secondary N) is 1. The fourth-order valence-corrected chi connectivity index (χ4v) is 5.18. The Morgan fingerprint density at radius 1 is 1.12 bits per heavy atom. The zero-order valence-electron chi connectivity index (χ0n) is 18.5. The monoisotopic (exact) mass is 482 g/mol. The Bertz CT molecular complexity index is 1100. The predicted octanol–water partition coefficient (Wildman–Crippen LogP) is 5.97. The summed E-state index contributed by atoms with van der Waals surface area (Å²) in [7, 11) is 0. The van der Waals surface area contributed by atoms with Gasteiger partial charge >= 0.3 is 0 Å². The molecule has 6 nitrogen and oxygen atoms in total. The van der Waals surface area contributed by atoms with Gasteiger partial charge in [0.05, 0.1) is 6.04 Å². The molecule has 0 bridgehead atoms. The third-order valence-electron chi connectivity index (χ3n) is 6.06. The molecule has 0 radical (unpaired) electrons. The van der Waals surface area contributed by atoms with Gasteiger partial charge in [0.25, 0.3) is 0 Å². The third kappa shape index (κ3) is 5.97. The van der Waals surface area contributed by atoms with Crippen molar-refractivity contribution in [1.82, 2.24) is 15.1 Å². The number of anilines is 1. The molecule has 8 heteroatoms. The van der Waals surface area contributed by atoms with Crippen LogP contribution < -0.4 is 5.32 Å². The van der Waals surface area contributed by atoms with Crippen molar-refractivity contribution in [3.05, 3.63) is 65.2 Å². The Hall–Kier alpha value is -2.77. The van der Waals surface area contributed by atoms with E-state index in [1.165, 1.54) is 11.3 Å². The van der Waals surface area contributed by atoms with E-state index in [2.05, 4.69) is 15.5 Å². The number of amides is 2. The van der Waals surface area contributed by atoms with E-state index in [0.717, 1.165) is 36.8 Å². The topological polar surface area (TPSA) is 75.2 Å². The van der Waals surface area contributed by atoms with Crippen LogP contribution in [0.2, 0.25) is 5.02 Å². The van der Waals surface area contributed by atoms with Crippen molar-refractivity contribution in [2.24, 2.45) is 5.92 Å². The number of rotatable bonds is 8. The van der Waals surface area contributed by atoms with Crippen molar-refractivity contribution in [3.63, 3.8) is 0 Å². The summed E-state index contributed by atoms with van der Waals surface area (Å²) in [6.45, 7) is 2.39. The quantitative estimate of drug-likeness (QED) is 0.429. The van der Waals surface area contributed by atoms with Crippen LogP contribution in [-0.4, -0.2) is 33.5 Å². The number of carbonyl (C=O) groups excluding carboxylic acids is 2. The number of nitrogens with zero attached hydrogens (tertiary/aromatic N) is 3. The summed E-state index contributed by atoms with van der Waals surface area (Å²) in [5.74, 6) is 0.0201. The van der Waals surface area contributed by atoms with Gasteiger partial charge in [-0.2, -0.15) is 0 Å². The molecule has 0 spiro atoms. The first-order valence-electron chi connectivity index (χ1n) is 11.3. The first kappa shape index (κ1) is 23.4. The van der Waals surface area contributed by atoms with E-state index in [-0.39, 0.29) is 30.2 Å². The molecule has 1 aliphatic carbocycles. The number of carbonyl (C=O) groups is 2. The molecule has 1 aliphatic rings. The van der Waals surface area contributed by atoms with Crippen LogP contribution in [0.3, 0.4) is 0 Å². The van der Waals surface area contributed by atoms with E-state index in [0.29, 0.717) is 21.7 Å². The SMILES string of the molecule is C[C@@H](c1ccccc1)N(CCC(=O)Nc1nnc(-c2cccc(Cl)c2)s1)C(=O)C1CCCC1. The van der Waals surface area contributed by atoms with Crippen molar-refractivity contribution in [2.45, 2.75) is 45.1 Å². The average molecular weight is 483 g/mol. The fraction of sp³-hybridized carbons (Fsp3) is 0.360. The normalized spacial score (nSPS) is 14.7. The highest BCUT2D eigenvalue weighted by atomic mass is 35.5. The Kier molecular flexibility index (Phi) is 7.73. The number of hydrogen-bond acceptors (Lipinski definition) is 5. The Balaban J connectivity index is 1.40. The lowest BCUT2D eigenvalue weighted by atomic mass is 10.0. The second-order valence-corrected chi connectivity index (χ2v) is 9.73.